The Hall–Kier alpha value is -1.28. The van der Waals surface area contributed by atoms with Gasteiger partial charge >= 0.3 is 0 Å². The second kappa shape index (κ2) is 4.82. The first-order chi connectivity index (χ1) is 6.40. The van der Waals surface area contributed by atoms with Crippen molar-refractivity contribution in [2.45, 2.75) is 6.92 Å². The summed E-state index contributed by atoms with van der Waals surface area (Å²) in [7, 11) is 0. The third-order valence-electron chi connectivity index (χ3n) is 1.87. The Kier molecular flexibility index (Phi) is 3.72. The van der Waals surface area contributed by atoms with E-state index in [0.29, 0.717) is 12.5 Å². The maximum atomic E-state index is 5.30. The van der Waals surface area contributed by atoms with Crippen LogP contribution in [-0.2, 0) is 0 Å². The summed E-state index contributed by atoms with van der Waals surface area (Å²) in [4.78, 5) is 4.34. The predicted octanol–water partition coefficient (Wildman–Crippen LogP) is 3.06. The van der Waals surface area contributed by atoms with Crippen LogP contribution in [-0.4, -0.2) is 11.6 Å². The highest BCUT2D eigenvalue weighted by molar-refractivity contribution is 5.85. The quantitative estimate of drug-likeness (QED) is 0.759. The molecule has 0 aliphatic heterocycles. The molecule has 0 aliphatic rings. The largest absolute Gasteiger partial charge is 0.478 e. The normalized spacial score (nSPS) is 9.50. The van der Waals surface area contributed by atoms with Crippen LogP contribution in [0.15, 0.2) is 36.4 Å². The van der Waals surface area contributed by atoms with Crippen molar-refractivity contribution in [3.63, 3.8) is 0 Å². The van der Waals surface area contributed by atoms with E-state index in [-0.39, 0.29) is 12.4 Å². The van der Waals surface area contributed by atoms with Crippen molar-refractivity contribution in [2.24, 2.45) is 0 Å². The van der Waals surface area contributed by atoms with E-state index < -0.39 is 0 Å². The van der Waals surface area contributed by atoms with E-state index in [1.54, 1.807) is 0 Å². The van der Waals surface area contributed by atoms with E-state index >= 15 is 0 Å². The number of hydrogen-bond acceptors (Lipinski definition) is 2. The van der Waals surface area contributed by atoms with Gasteiger partial charge in [-0.25, -0.2) is 4.98 Å². The monoisotopic (exact) mass is 209 g/mol. The summed E-state index contributed by atoms with van der Waals surface area (Å²) >= 11 is 0. The van der Waals surface area contributed by atoms with Crippen LogP contribution in [0.25, 0.3) is 10.9 Å². The summed E-state index contributed by atoms with van der Waals surface area (Å²) < 4.78 is 5.30. The van der Waals surface area contributed by atoms with Crippen LogP contribution in [0.3, 0.4) is 0 Å². The fraction of sp³-hybridized carbons (Fsp3) is 0.182. The van der Waals surface area contributed by atoms with Gasteiger partial charge in [-0.15, -0.1) is 12.4 Å². The smallest absolute Gasteiger partial charge is 0.213 e. The third kappa shape index (κ3) is 2.15. The lowest BCUT2D eigenvalue weighted by Crippen LogP contribution is -1.93. The Bertz CT molecular complexity index is 417. The van der Waals surface area contributed by atoms with Crippen LogP contribution in [0.1, 0.15) is 6.92 Å². The molecule has 0 bridgehead atoms. The molecule has 1 heterocycles. The zero-order valence-electron chi connectivity index (χ0n) is 7.93. The van der Waals surface area contributed by atoms with Crippen LogP contribution in [0.5, 0.6) is 5.88 Å². The Balaban J connectivity index is 0.000000980. The number of ether oxygens (including phenoxy) is 1. The van der Waals surface area contributed by atoms with Crippen molar-refractivity contribution in [3.8, 4) is 5.88 Å². The Morgan fingerprint density at radius 3 is 2.71 bits per heavy atom. The minimum atomic E-state index is 0. The minimum Gasteiger partial charge on any atom is -0.478 e. The van der Waals surface area contributed by atoms with Gasteiger partial charge in [0.15, 0.2) is 0 Å². The molecule has 0 radical (unpaired) electrons. The van der Waals surface area contributed by atoms with E-state index in [0.717, 1.165) is 10.9 Å². The number of para-hydroxylation sites is 1. The molecule has 0 aliphatic carbocycles. The molecule has 2 rings (SSSR count). The van der Waals surface area contributed by atoms with Crippen LogP contribution < -0.4 is 4.74 Å². The minimum absolute atomic E-state index is 0. The van der Waals surface area contributed by atoms with Gasteiger partial charge in [0.2, 0.25) is 5.88 Å². The molecule has 1 aromatic heterocycles. The highest BCUT2D eigenvalue weighted by Crippen LogP contribution is 2.15. The van der Waals surface area contributed by atoms with Crippen molar-refractivity contribution in [2.75, 3.05) is 6.61 Å². The second-order valence-corrected chi connectivity index (χ2v) is 2.78. The summed E-state index contributed by atoms with van der Waals surface area (Å²) in [6, 6.07) is 11.9. The fourth-order valence-corrected chi connectivity index (χ4v) is 1.28. The van der Waals surface area contributed by atoms with E-state index in [2.05, 4.69) is 4.98 Å². The molecular weight excluding hydrogens is 198 g/mol. The van der Waals surface area contributed by atoms with Crippen LogP contribution >= 0.6 is 12.4 Å². The van der Waals surface area contributed by atoms with Crippen LogP contribution in [0, 0.1) is 0 Å². The number of aromatic nitrogens is 1. The number of fused-ring (bicyclic) bond motifs is 1. The molecule has 74 valence electrons. The van der Waals surface area contributed by atoms with Gasteiger partial charge in [0.25, 0.3) is 0 Å². The summed E-state index contributed by atoms with van der Waals surface area (Å²) in [5.74, 6) is 0.696. The van der Waals surface area contributed by atoms with E-state index in [9.17, 15) is 0 Å². The lowest BCUT2D eigenvalue weighted by atomic mass is 10.2. The molecule has 0 saturated carbocycles. The second-order valence-electron chi connectivity index (χ2n) is 2.78. The summed E-state index contributed by atoms with van der Waals surface area (Å²) in [6.45, 7) is 2.61. The molecule has 1 aromatic carbocycles. The Morgan fingerprint density at radius 2 is 1.93 bits per heavy atom. The molecule has 0 atom stereocenters. The Labute approximate surface area is 89.3 Å². The van der Waals surface area contributed by atoms with Gasteiger partial charge in [0, 0.05) is 11.5 Å². The van der Waals surface area contributed by atoms with Crippen molar-refractivity contribution < 1.29 is 4.74 Å². The molecule has 2 aromatic rings. The maximum absolute atomic E-state index is 5.30. The topological polar surface area (TPSA) is 22.1 Å². The molecular formula is C11H12ClNO. The highest BCUT2D eigenvalue weighted by atomic mass is 35.5. The van der Waals surface area contributed by atoms with Gasteiger partial charge in [-0.3, -0.25) is 0 Å². The van der Waals surface area contributed by atoms with Gasteiger partial charge in [-0.1, -0.05) is 18.2 Å². The van der Waals surface area contributed by atoms with Crippen LogP contribution in [0.2, 0.25) is 0 Å². The third-order valence-corrected chi connectivity index (χ3v) is 1.87. The van der Waals surface area contributed by atoms with Crippen molar-refractivity contribution in [1.82, 2.24) is 4.98 Å². The molecule has 0 fully saturated rings. The summed E-state index contributed by atoms with van der Waals surface area (Å²) in [6.07, 6.45) is 0. The maximum Gasteiger partial charge on any atom is 0.213 e. The molecule has 14 heavy (non-hydrogen) atoms. The van der Waals surface area contributed by atoms with Gasteiger partial charge < -0.3 is 4.74 Å². The fourth-order valence-electron chi connectivity index (χ4n) is 1.28. The average Bonchev–Trinajstić information content (AvgIpc) is 2.18. The molecule has 3 heteroatoms. The lowest BCUT2D eigenvalue weighted by molar-refractivity contribution is 0.328. The van der Waals surface area contributed by atoms with Crippen molar-refractivity contribution in [1.29, 1.82) is 0 Å². The number of benzene rings is 1. The average molecular weight is 210 g/mol. The molecule has 0 saturated heterocycles. The first-order valence-electron chi connectivity index (χ1n) is 4.39. The molecule has 0 spiro atoms. The first kappa shape index (κ1) is 10.8. The standard InChI is InChI=1S/C11H11NO.ClH/c1-2-13-11-8-7-9-5-3-4-6-10(9)12-11;/h3-8H,2H2,1H3;1H. The number of pyridine rings is 1. The van der Waals surface area contributed by atoms with Crippen molar-refractivity contribution >= 4 is 23.3 Å². The SMILES string of the molecule is CCOc1ccc2ccccc2n1.Cl. The molecule has 0 amide bonds. The van der Waals surface area contributed by atoms with Crippen molar-refractivity contribution in [3.05, 3.63) is 36.4 Å². The highest BCUT2D eigenvalue weighted by Gasteiger charge is 1.96. The summed E-state index contributed by atoms with van der Waals surface area (Å²) in [5, 5.41) is 1.14. The number of nitrogens with zero attached hydrogens (tertiary/aromatic N) is 1. The molecule has 0 N–H and O–H groups in total. The Morgan fingerprint density at radius 1 is 1.14 bits per heavy atom. The number of halogens is 1. The molecule has 0 unspecified atom stereocenters. The van der Waals surface area contributed by atoms with Gasteiger partial charge in [0.05, 0.1) is 12.1 Å². The van der Waals surface area contributed by atoms with Gasteiger partial charge in [-0.05, 0) is 19.1 Å². The zero-order chi connectivity index (χ0) is 9.10. The summed E-state index contributed by atoms with van der Waals surface area (Å²) in [5.41, 5.74) is 0.980. The molecule has 2 nitrogen and oxygen atoms in total. The van der Waals surface area contributed by atoms with Gasteiger partial charge in [0.1, 0.15) is 0 Å². The lowest BCUT2D eigenvalue weighted by Gasteiger charge is -2.02. The van der Waals surface area contributed by atoms with E-state index in [1.165, 1.54) is 0 Å². The predicted molar refractivity (Wildman–Crippen MR) is 60.2 cm³/mol. The zero-order valence-corrected chi connectivity index (χ0v) is 8.75. The van der Waals surface area contributed by atoms with Gasteiger partial charge in [-0.2, -0.15) is 0 Å². The van der Waals surface area contributed by atoms with Crippen LogP contribution in [0.4, 0.5) is 0 Å². The number of hydrogen-bond donors (Lipinski definition) is 0. The first-order valence-corrected chi connectivity index (χ1v) is 4.39. The number of rotatable bonds is 2. The van der Waals surface area contributed by atoms with E-state index in [1.807, 2.05) is 43.3 Å². The van der Waals surface area contributed by atoms with E-state index in [4.69, 9.17) is 4.74 Å².